The number of sulfonamides is 1. The normalized spacial score (nSPS) is 14.0. The van der Waals surface area contributed by atoms with Crippen LogP contribution >= 0.6 is 11.3 Å². The smallest absolute Gasteiger partial charge is 0.268 e. The summed E-state index contributed by atoms with van der Waals surface area (Å²) in [6.45, 7) is 0.619. The first-order valence-electron chi connectivity index (χ1n) is 6.40. The highest BCUT2D eigenvalue weighted by molar-refractivity contribution is 7.92. The zero-order chi connectivity index (χ0) is 15.0. The van der Waals surface area contributed by atoms with Gasteiger partial charge in [0, 0.05) is 12.2 Å². The molecule has 2 heterocycles. The average Bonchev–Trinajstić information content (AvgIpc) is 3.05. The van der Waals surface area contributed by atoms with E-state index < -0.39 is 10.0 Å². The van der Waals surface area contributed by atoms with E-state index in [1.165, 1.54) is 11.3 Å². The van der Waals surface area contributed by atoms with Gasteiger partial charge in [0.05, 0.1) is 16.8 Å². The molecule has 0 saturated heterocycles. The molecule has 0 radical (unpaired) electrons. The van der Waals surface area contributed by atoms with Crippen molar-refractivity contribution in [2.75, 3.05) is 22.4 Å². The zero-order valence-electron chi connectivity index (χ0n) is 11.4. The summed E-state index contributed by atoms with van der Waals surface area (Å²) in [7, 11) is -3.33. The van der Waals surface area contributed by atoms with Gasteiger partial charge >= 0.3 is 0 Å². The van der Waals surface area contributed by atoms with Crippen LogP contribution in [0.2, 0.25) is 0 Å². The van der Waals surface area contributed by atoms with E-state index in [2.05, 4.69) is 4.72 Å². The van der Waals surface area contributed by atoms with Crippen molar-refractivity contribution in [1.29, 1.82) is 0 Å². The predicted octanol–water partition coefficient (Wildman–Crippen LogP) is 2.32. The van der Waals surface area contributed by atoms with Crippen molar-refractivity contribution >= 4 is 38.6 Å². The predicted molar refractivity (Wildman–Crippen MR) is 84.6 cm³/mol. The number of carbonyl (C=O) groups is 1. The molecule has 0 saturated carbocycles. The number of nitrogens with one attached hydrogen (secondary N) is 1. The number of nitrogens with zero attached hydrogens (tertiary/aromatic N) is 1. The Morgan fingerprint density at radius 3 is 2.81 bits per heavy atom. The van der Waals surface area contributed by atoms with Gasteiger partial charge in [-0.1, -0.05) is 12.1 Å². The number of thiophene rings is 1. The van der Waals surface area contributed by atoms with Crippen LogP contribution in [0.4, 0.5) is 11.4 Å². The van der Waals surface area contributed by atoms with Crippen LogP contribution in [0.15, 0.2) is 35.7 Å². The first kappa shape index (κ1) is 14.1. The lowest BCUT2D eigenvalue weighted by Gasteiger charge is -2.17. The maximum atomic E-state index is 12.5. The third-order valence-electron chi connectivity index (χ3n) is 3.26. The van der Waals surface area contributed by atoms with Crippen LogP contribution in [0.3, 0.4) is 0 Å². The Bertz CT molecular complexity index is 783. The topological polar surface area (TPSA) is 66.5 Å². The van der Waals surface area contributed by atoms with Crippen LogP contribution in [0.5, 0.6) is 0 Å². The lowest BCUT2D eigenvalue weighted by atomic mass is 10.1. The Kier molecular flexibility index (Phi) is 3.46. The minimum Gasteiger partial charge on any atom is -0.307 e. The van der Waals surface area contributed by atoms with Crippen LogP contribution in [-0.4, -0.2) is 27.1 Å². The van der Waals surface area contributed by atoms with Gasteiger partial charge in [0.25, 0.3) is 5.91 Å². The van der Waals surface area contributed by atoms with E-state index in [-0.39, 0.29) is 5.91 Å². The van der Waals surface area contributed by atoms with Gasteiger partial charge < -0.3 is 4.90 Å². The monoisotopic (exact) mass is 322 g/mol. The Hall–Kier alpha value is -1.86. The molecule has 1 N–H and O–H groups in total. The standard InChI is InChI=1S/C14H14N2O3S2/c1-21(18,19)15-11-5-4-10-6-7-16(12(10)9-11)14(17)13-3-2-8-20-13/h2-5,8-9,15H,6-7H2,1H3. The second-order valence-corrected chi connectivity index (χ2v) is 7.60. The summed E-state index contributed by atoms with van der Waals surface area (Å²) in [5, 5.41) is 1.87. The largest absolute Gasteiger partial charge is 0.307 e. The Morgan fingerprint density at radius 2 is 2.14 bits per heavy atom. The Balaban J connectivity index is 1.93. The van der Waals surface area contributed by atoms with Gasteiger partial charge in [-0.2, -0.15) is 0 Å². The van der Waals surface area contributed by atoms with Gasteiger partial charge in [0.2, 0.25) is 10.0 Å². The molecule has 2 aromatic rings. The fourth-order valence-electron chi connectivity index (χ4n) is 2.40. The number of amides is 1. The van der Waals surface area contributed by atoms with E-state index in [1.54, 1.807) is 23.1 Å². The first-order valence-corrected chi connectivity index (χ1v) is 9.17. The minimum absolute atomic E-state index is 0.0414. The van der Waals surface area contributed by atoms with Crippen LogP contribution in [0.25, 0.3) is 0 Å². The number of benzene rings is 1. The van der Waals surface area contributed by atoms with Crippen molar-refractivity contribution in [3.8, 4) is 0 Å². The summed E-state index contributed by atoms with van der Waals surface area (Å²) < 4.78 is 25.1. The molecule has 1 aromatic heterocycles. The molecule has 0 aliphatic carbocycles. The van der Waals surface area contributed by atoms with Gasteiger partial charge in [-0.15, -0.1) is 11.3 Å². The van der Waals surface area contributed by atoms with Crippen LogP contribution < -0.4 is 9.62 Å². The van der Waals surface area contributed by atoms with Crippen molar-refractivity contribution < 1.29 is 13.2 Å². The molecule has 5 nitrogen and oxygen atoms in total. The van der Waals surface area contributed by atoms with E-state index >= 15 is 0 Å². The molecule has 1 aromatic carbocycles. The molecule has 7 heteroatoms. The maximum absolute atomic E-state index is 12.5. The fourth-order valence-corrected chi connectivity index (χ4v) is 3.63. The average molecular weight is 322 g/mol. The summed E-state index contributed by atoms with van der Waals surface area (Å²) in [5.41, 5.74) is 2.31. The van der Waals surface area contributed by atoms with Crippen LogP contribution in [0.1, 0.15) is 15.2 Å². The highest BCUT2D eigenvalue weighted by Crippen LogP contribution is 2.32. The molecule has 110 valence electrons. The SMILES string of the molecule is CS(=O)(=O)Nc1ccc2c(c1)N(C(=O)c1cccs1)CC2. The van der Waals surface area contributed by atoms with Gasteiger partial charge in [-0.05, 0) is 35.6 Å². The third kappa shape index (κ3) is 2.93. The molecule has 0 fully saturated rings. The summed E-state index contributed by atoms with van der Waals surface area (Å²) in [6.07, 6.45) is 1.89. The maximum Gasteiger partial charge on any atom is 0.268 e. The number of fused-ring (bicyclic) bond motifs is 1. The molecule has 1 aliphatic heterocycles. The summed E-state index contributed by atoms with van der Waals surface area (Å²) >= 11 is 1.40. The lowest BCUT2D eigenvalue weighted by molar-refractivity contribution is 0.0993. The summed E-state index contributed by atoms with van der Waals surface area (Å²) in [5.74, 6) is -0.0414. The van der Waals surface area contributed by atoms with Crippen molar-refractivity contribution in [1.82, 2.24) is 0 Å². The highest BCUT2D eigenvalue weighted by Gasteiger charge is 2.26. The van der Waals surface area contributed by atoms with Crippen molar-refractivity contribution in [2.45, 2.75) is 6.42 Å². The fraction of sp³-hybridized carbons (Fsp3) is 0.214. The molecule has 1 amide bonds. The molecular formula is C14H14N2O3S2. The third-order valence-corrected chi connectivity index (χ3v) is 4.73. The highest BCUT2D eigenvalue weighted by atomic mass is 32.2. The molecule has 3 rings (SSSR count). The second-order valence-electron chi connectivity index (χ2n) is 4.90. The van der Waals surface area contributed by atoms with E-state index in [4.69, 9.17) is 0 Å². The van der Waals surface area contributed by atoms with Gasteiger partial charge in [0.1, 0.15) is 0 Å². The summed E-state index contributed by atoms with van der Waals surface area (Å²) in [6, 6.07) is 8.94. The van der Waals surface area contributed by atoms with E-state index in [9.17, 15) is 13.2 Å². The van der Waals surface area contributed by atoms with Crippen molar-refractivity contribution in [2.24, 2.45) is 0 Å². The Labute approximate surface area is 127 Å². The number of rotatable bonds is 3. The molecular weight excluding hydrogens is 308 g/mol. The van der Waals surface area contributed by atoms with Gasteiger partial charge in [-0.25, -0.2) is 8.42 Å². The number of hydrogen-bond donors (Lipinski definition) is 1. The second kappa shape index (κ2) is 5.16. The number of carbonyl (C=O) groups excluding carboxylic acids is 1. The quantitative estimate of drug-likeness (QED) is 0.943. The number of anilines is 2. The lowest BCUT2D eigenvalue weighted by Crippen LogP contribution is -2.28. The molecule has 0 bridgehead atoms. The summed E-state index contributed by atoms with van der Waals surface area (Å²) in [4.78, 5) is 14.9. The molecule has 0 unspecified atom stereocenters. The number of hydrogen-bond acceptors (Lipinski definition) is 4. The molecule has 21 heavy (non-hydrogen) atoms. The van der Waals surface area contributed by atoms with Crippen molar-refractivity contribution in [3.05, 3.63) is 46.2 Å². The van der Waals surface area contributed by atoms with Crippen molar-refractivity contribution in [3.63, 3.8) is 0 Å². The minimum atomic E-state index is -3.33. The van der Waals surface area contributed by atoms with Gasteiger partial charge in [-0.3, -0.25) is 9.52 Å². The first-order chi connectivity index (χ1) is 9.94. The Morgan fingerprint density at radius 1 is 1.33 bits per heavy atom. The van der Waals surface area contributed by atoms with E-state index in [1.807, 2.05) is 17.5 Å². The van der Waals surface area contributed by atoms with E-state index in [0.29, 0.717) is 17.1 Å². The van der Waals surface area contributed by atoms with Gasteiger partial charge in [0.15, 0.2) is 0 Å². The van der Waals surface area contributed by atoms with E-state index in [0.717, 1.165) is 23.9 Å². The van der Waals surface area contributed by atoms with Crippen LogP contribution in [0, 0.1) is 0 Å². The molecule has 0 spiro atoms. The molecule has 1 aliphatic rings. The zero-order valence-corrected chi connectivity index (χ0v) is 13.0. The molecule has 0 atom stereocenters. The van der Waals surface area contributed by atoms with Crippen LogP contribution in [-0.2, 0) is 16.4 Å².